The van der Waals surface area contributed by atoms with E-state index in [9.17, 15) is 0 Å². The van der Waals surface area contributed by atoms with Crippen molar-refractivity contribution in [2.24, 2.45) is 0 Å². The molecule has 0 radical (unpaired) electrons. The maximum atomic E-state index is 15.2. The normalized spacial score (nSPS) is 16.3. The molecule has 1 heterocycles. The molecular weight excluding hydrogens is 542 g/mol. The average molecular weight is 573 g/mol. The van der Waals surface area contributed by atoms with Gasteiger partial charge in [0.2, 0.25) is 0 Å². The van der Waals surface area contributed by atoms with Crippen LogP contribution >= 0.6 is 26.4 Å². The number of hydrogen-bond acceptors (Lipinski definition) is 2. The molecule has 0 aliphatic heterocycles. The summed E-state index contributed by atoms with van der Waals surface area (Å²) in [4.78, 5) is 1.41. The Morgan fingerprint density at radius 1 is 0.700 bits per heavy atom. The first kappa shape index (κ1) is 25.7. The molecule has 2 aliphatic carbocycles. The van der Waals surface area contributed by atoms with E-state index in [4.69, 9.17) is 0 Å². The van der Waals surface area contributed by atoms with Gasteiger partial charge in [-0.3, -0.25) is 0 Å². The predicted octanol–water partition coefficient (Wildman–Crippen LogP) is 8.87. The van der Waals surface area contributed by atoms with Crippen molar-refractivity contribution in [2.45, 2.75) is 25.7 Å². The van der Waals surface area contributed by atoms with Gasteiger partial charge in [-0.15, -0.1) is 11.3 Å². The molecule has 0 amide bonds. The zero-order chi connectivity index (χ0) is 26.9. The van der Waals surface area contributed by atoms with Gasteiger partial charge in [0.1, 0.15) is 0 Å². The lowest BCUT2D eigenvalue weighted by Gasteiger charge is -2.27. The van der Waals surface area contributed by atoms with Crippen LogP contribution in [0.15, 0.2) is 138 Å². The molecule has 1 aromatic heterocycles. The summed E-state index contributed by atoms with van der Waals surface area (Å²) >= 11 is 1.90. The molecule has 1 atom stereocenters. The summed E-state index contributed by atoms with van der Waals surface area (Å²) in [6.07, 6.45) is 12.6. The highest BCUT2D eigenvalue weighted by atomic mass is 32.1. The number of thiophene rings is 1. The highest BCUT2D eigenvalue weighted by Crippen LogP contribution is 2.64. The molecule has 4 heteroatoms. The fraction of sp³-hybridized carbons (Fsp3) is 0.111. The van der Waals surface area contributed by atoms with Crippen LogP contribution < -0.4 is 21.2 Å². The lowest BCUT2D eigenvalue weighted by molar-refractivity contribution is 0.587. The van der Waals surface area contributed by atoms with E-state index in [0.717, 1.165) is 41.6 Å². The van der Waals surface area contributed by atoms with Crippen molar-refractivity contribution in [1.29, 1.82) is 0 Å². The summed E-state index contributed by atoms with van der Waals surface area (Å²) in [6, 6.07) is 39.0. The first-order valence-corrected chi connectivity index (χ1v) is 17.8. The molecular formula is C36H30OP2S. The van der Waals surface area contributed by atoms with Crippen LogP contribution in [0.25, 0.3) is 16.2 Å². The Hall–Kier alpha value is -3.28. The minimum atomic E-state index is -2.91. The first-order chi connectivity index (χ1) is 19.7. The minimum absolute atomic E-state index is 0.683. The highest BCUT2D eigenvalue weighted by Gasteiger charge is 2.35. The van der Waals surface area contributed by atoms with Gasteiger partial charge in [0.25, 0.3) is 0 Å². The lowest BCUT2D eigenvalue weighted by Crippen LogP contribution is -2.20. The largest absolute Gasteiger partial charge is 0.309 e. The van der Waals surface area contributed by atoms with Crippen LogP contribution in [0.1, 0.15) is 29.7 Å². The molecule has 0 bridgehead atoms. The van der Waals surface area contributed by atoms with Crippen LogP contribution in [-0.4, -0.2) is 0 Å². The number of allylic oxidation sites excluding steroid dienone is 5. The minimum Gasteiger partial charge on any atom is -0.309 e. The molecule has 0 saturated carbocycles. The molecule has 1 unspecified atom stereocenters. The molecule has 0 fully saturated rings. The third-order valence-electron chi connectivity index (χ3n) is 7.86. The molecule has 1 nitrogen and oxygen atoms in total. The summed E-state index contributed by atoms with van der Waals surface area (Å²) < 4.78 is 16.5. The average Bonchev–Trinajstić information content (AvgIpc) is 3.40. The van der Waals surface area contributed by atoms with Gasteiger partial charge in [-0.05, 0) is 78.6 Å². The van der Waals surface area contributed by atoms with E-state index < -0.39 is 15.1 Å². The van der Waals surface area contributed by atoms with Crippen LogP contribution in [0.5, 0.6) is 0 Å². The molecule has 2 aliphatic rings. The number of rotatable bonds is 6. The molecule has 5 aromatic rings. The van der Waals surface area contributed by atoms with Gasteiger partial charge >= 0.3 is 0 Å². The number of fused-ring (bicyclic) bond motifs is 3. The summed E-state index contributed by atoms with van der Waals surface area (Å²) in [5.41, 5.74) is 1.27. The van der Waals surface area contributed by atoms with Gasteiger partial charge in [-0.1, -0.05) is 115 Å². The summed E-state index contributed by atoms with van der Waals surface area (Å²) in [7, 11) is -3.60. The van der Waals surface area contributed by atoms with E-state index >= 15 is 4.57 Å². The van der Waals surface area contributed by atoms with Gasteiger partial charge in [0.05, 0.1) is 0 Å². The number of hydrogen-bond donors (Lipinski definition) is 0. The Kier molecular flexibility index (Phi) is 7.03. The van der Waals surface area contributed by atoms with Crippen LogP contribution in [0.4, 0.5) is 0 Å². The van der Waals surface area contributed by atoms with Crippen molar-refractivity contribution >= 4 is 63.8 Å². The molecule has 4 aromatic carbocycles. The summed E-state index contributed by atoms with van der Waals surface area (Å²) in [5.74, 6) is 0. The van der Waals surface area contributed by atoms with Gasteiger partial charge in [0, 0.05) is 25.6 Å². The Balaban J connectivity index is 1.39. The van der Waals surface area contributed by atoms with Crippen LogP contribution in [0.3, 0.4) is 0 Å². The van der Waals surface area contributed by atoms with Crippen LogP contribution in [0, 0.1) is 0 Å². The zero-order valence-electron chi connectivity index (χ0n) is 22.2. The fourth-order valence-electron chi connectivity index (χ4n) is 5.92. The van der Waals surface area contributed by atoms with E-state index in [2.05, 4.69) is 115 Å². The van der Waals surface area contributed by atoms with Crippen molar-refractivity contribution in [2.75, 3.05) is 0 Å². The molecule has 7 rings (SSSR count). The Bertz CT molecular complexity index is 1780. The monoisotopic (exact) mass is 572 g/mol. The van der Waals surface area contributed by atoms with Gasteiger partial charge < -0.3 is 4.57 Å². The molecule has 0 saturated heterocycles. The maximum absolute atomic E-state index is 15.2. The smallest absolute Gasteiger partial charge is 0.166 e. The first-order valence-electron chi connectivity index (χ1n) is 13.9. The quantitative estimate of drug-likeness (QED) is 0.186. The number of benzene rings is 4. The second-order valence-corrected chi connectivity index (χ2v) is 16.5. The highest BCUT2D eigenvalue weighted by molar-refractivity contribution is 7.80. The zero-order valence-corrected chi connectivity index (χ0v) is 24.8. The lowest BCUT2D eigenvalue weighted by atomic mass is 10.0. The fourth-order valence-corrected chi connectivity index (χ4v) is 12.4. The topological polar surface area (TPSA) is 17.1 Å². The Morgan fingerprint density at radius 3 is 2.02 bits per heavy atom. The van der Waals surface area contributed by atoms with E-state index in [1.54, 1.807) is 0 Å². The third kappa shape index (κ3) is 4.59. The van der Waals surface area contributed by atoms with E-state index in [1.807, 2.05) is 29.5 Å². The van der Waals surface area contributed by atoms with Crippen molar-refractivity contribution in [3.05, 3.63) is 148 Å². The third-order valence-corrected chi connectivity index (χ3v) is 14.8. The number of aryl methyl sites for hydroxylation is 1. The Labute approximate surface area is 241 Å². The second-order valence-electron chi connectivity index (χ2n) is 10.3. The molecule has 196 valence electrons. The molecule has 0 N–H and O–H groups in total. The van der Waals surface area contributed by atoms with Gasteiger partial charge in [-0.2, -0.15) is 0 Å². The van der Waals surface area contributed by atoms with E-state index in [0.29, 0.717) is 0 Å². The summed E-state index contributed by atoms with van der Waals surface area (Å²) in [6.45, 7) is 0. The second kappa shape index (κ2) is 10.9. The Morgan fingerprint density at radius 2 is 1.38 bits per heavy atom. The maximum Gasteiger partial charge on any atom is 0.166 e. The van der Waals surface area contributed by atoms with E-state index in [1.165, 1.54) is 36.4 Å². The van der Waals surface area contributed by atoms with Crippen molar-refractivity contribution in [1.82, 2.24) is 0 Å². The van der Waals surface area contributed by atoms with Crippen molar-refractivity contribution in [3.63, 3.8) is 0 Å². The van der Waals surface area contributed by atoms with Gasteiger partial charge in [-0.25, -0.2) is 0 Å². The standard InChI is InChI=1S/C36H30OP2S/c37-39(30-17-9-3-10-18-30,31-19-11-4-12-20-31)32-22-24-36-34(26-32)33-25-29(21-23-35(33)40-36)38(27-13-5-1-6-14-27)28-15-7-2-8-16-28/h1-3,5-11,13-21,23,25-26H,4,12,22,24H2. The van der Waals surface area contributed by atoms with Crippen LogP contribution in [-0.2, 0) is 11.0 Å². The molecule has 40 heavy (non-hydrogen) atoms. The SMILES string of the molecule is O=P(C1=CCCC=C1)(C1=Cc2c(sc3ccc(P(c4ccccc4)c4ccccc4)cc23)CC1)c1ccccc1. The summed E-state index contributed by atoms with van der Waals surface area (Å²) in [5, 5.41) is 8.38. The van der Waals surface area contributed by atoms with Crippen molar-refractivity contribution in [3.8, 4) is 0 Å². The van der Waals surface area contributed by atoms with Crippen LogP contribution in [0.2, 0.25) is 0 Å². The van der Waals surface area contributed by atoms with Crippen molar-refractivity contribution < 1.29 is 4.57 Å². The van der Waals surface area contributed by atoms with E-state index in [-0.39, 0.29) is 0 Å². The molecule has 0 spiro atoms. The van der Waals surface area contributed by atoms with Gasteiger partial charge in [0.15, 0.2) is 7.14 Å². The predicted molar refractivity (Wildman–Crippen MR) is 177 cm³/mol.